The summed E-state index contributed by atoms with van der Waals surface area (Å²) in [6.45, 7) is 4.05. The molecule has 0 aliphatic heterocycles. The van der Waals surface area contributed by atoms with Crippen LogP contribution in [0, 0.1) is 10.1 Å². The van der Waals surface area contributed by atoms with Crippen LogP contribution in [0.1, 0.15) is 18.1 Å². The molecule has 1 N–H and O–H groups in total. The van der Waals surface area contributed by atoms with E-state index in [1.54, 1.807) is 24.3 Å². The molecule has 0 aromatic heterocycles. The molecule has 2 rings (SSSR count). The number of para-hydroxylation sites is 1. The van der Waals surface area contributed by atoms with Gasteiger partial charge in [-0.3, -0.25) is 14.9 Å². The van der Waals surface area contributed by atoms with E-state index < -0.39 is 4.92 Å². The summed E-state index contributed by atoms with van der Waals surface area (Å²) in [6.07, 6.45) is -0.0633. The number of rotatable bonds is 10. The summed E-state index contributed by atoms with van der Waals surface area (Å²) in [5, 5.41) is 13.8. The number of amides is 1. The lowest BCUT2D eigenvalue weighted by Crippen LogP contribution is -2.15. The van der Waals surface area contributed by atoms with Crippen molar-refractivity contribution in [3.63, 3.8) is 0 Å². The first-order valence-corrected chi connectivity index (χ1v) is 8.36. The zero-order chi connectivity index (χ0) is 18.8. The third-order valence-corrected chi connectivity index (χ3v) is 3.59. The molecule has 0 saturated heterocycles. The predicted molar refractivity (Wildman–Crippen MR) is 98.0 cm³/mol. The van der Waals surface area contributed by atoms with E-state index in [0.717, 1.165) is 5.56 Å². The van der Waals surface area contributed by atoms with E-state index in [0.29, 0.717) is 37.7 Å². The second-order valence-electron chi connectivity index (χ2n) is 5.56. The molecular formula is C19H22N2O5. The number of ether oxygens (including phenoxy) is 2. The van der Waals surface area contributed by atoms with E-state index in [4.69, 9.17) is 9.47 Å². The summed E-state index contributed by atoms with van der Waals surface area (Å²) in [7, 11) is 0. The number of benzene rings is 2. The normalized spacial score (nSPS) is 10.5. The molecule has 1 amide bonds. The number of nitro groups is 1. The topological polar surface area (TPSA) is 90.7 Å². The van der Waals surface area contributed by atoms with Crippen molar-refractivity contribution in [3.8, 4) is 0 Å². The van der Waals surface area contributed by atoms with E-state index in [1.165, 1.54) is 6.07 Å². The maximum atomic E-state index is 12.2. The molecule has 0 radical (unpaired) electrons. The molecule has 0 fully saturated rings. The van der Waals surface area contributed by atoms with Gasteiger partial charge in [-0.15, -0.1) is 0 Å². The Labute approximate surface area is 152 Å². The fraction of sp³-hybridized carbons (Fsp3) is 0.316. The molecule has 2 aromatic carbocycles. The lowest BCUT2D eigenvalue weighted by Gasteiger charge is -2.09. The van der Waals surface area contributed by atoms with Crippen LogP contribution in [0.25, 0.3) is 0 Å². The van der Waals surface area contributed by atoms with Gasteiger partial charge in [0.15, 0.2) is 0 Å². The van der Waals surface area contributed by atoms with Crippen molar-refractivity contribution in [3.05, 3.63) is 69.8 Å². The zero-order valence-electron chi connectivity index (χ0n) is 14.6. The van der Waals surface area contributed by atoms with Crippen LogP contribution in [-0.4, -0.2) is 30.7 Å². The summed E-state index contributed by atoms with van der Waals surface area (Å²) >= 11 is 0. The summed E-state index contributed by atoms with van der Waals surface area (Å²) in [5.74, 6) is -0.311. The number of anilines is 1. The van der Waals surface area contributed by atoms with Gasteiger partial charge in [-0.2, -0.15) is 0 Å². The molecule has 0 aliphatic rings. The number of nitrogens with one attached hydrogen (secondary N) is 1. The minimum absolute atomic E-state index is 0.0564. The second kappa shape index (κ2) is 10.3. The highest BCUT2D eigenvalue weighted by molar-refractivity contribution is 5.92. The highest BCUT2D eigenvalue weighted by Crippen LogP contribution is 2.19. The van der Waals surface area contributed by atoms with Gasteiger partial charge < -0.3 is 14.8 Å². The third-order valence-electron chi connectivity index (χ3n) is 3.59. The molecule has 0 atom stereocenters. The number of nitro benzene ring substituents is 1. The van der Waals surface area contributed by atoms with Crippen molar-refractivity contribution in [2.75, 3.05) is 25.1 Å². The molecule has 0 saturated carbocycles. The van der Waals surface area contributed by atoms with Crippen LogP contribution < -0.4 is 5.32 Å². The molecule has 26 heavy (non-hydrogen) atoms. The molecule has 138 valence electrons. The van der Waals surface area contributed by atoms with Gasteiger partial charge in [0.05, 0.1) is 31.2 Å². The smallest absolute Gasteiger partial charge is 0.273 e. The summed E-state index contributed by atoms with van der Waals surface area (Å²) < 4.78 is 10.7. The Hall–Kier alpha value is -2.77. The fourth-order valence-corrected chi connectivity index (χ4v) is 2.41. The van der Waals surface area contributed by atoms with Gasteiger partial charge in [0.25, 0.3) is 5.69 Å². The van der Waals surface area contributed by atoms with Gasteiger partial charge >= 0.3 is 0 Å². The predicted octanol–water partition coefficient (Wildman–Crippen LogP) is 3.33. The molecule has 2 aromatic rings. The maximum absolute atomic E-state index is 12.2. The van der Waals surface area contributed by atoms with Crippen LogP contribution in [-0.2, 0) is 27.3 Å². The molecule has 0 spiro atoms. The lowest BCUT2D eigenvalue weighted by atomic mass is 10.1. The lowest BCUT2D eigenvalue weighted by molar-refractivity contribution is -0.385. The fourth-order valence-electron chi connectivity index (χ4n) is 2.41. The minimum Gasteiger partial charge on any atom is -0.379 e. The van der Waals surface area contributed by atoms with Crippen LogP contribution in [0.3, 0.4) is 0 Å². The average molecular weight is 358 g/mol. The van der Waals surface area contributed by atoms with Gasteiger partial charge in [-0.1, -0.05) is 30.3 Å². The van der Waals surface area contributed by atoms with Crippen LogP contribution in [0.2, 0.25) is 0 Å². The molecule has 0 aliphatic carbocycles. The monoisotopic (exact) mass is 358 g/mol. The van der Waals surface area contributed by atoms with E-state index in [1.807, 2.05) is 25.1 Å². The first-order chi connectivity index (χ1) is 12.6. The Morgan fingerprint density at radius 1 is 1.12 bits per heavy atom. The van der Waals surface area contributed by atoms with Gasteiger partial charge in [-0.05, 0) is 24.6 Å². The minimum atomic E-state index is -0.483. The van der Waals surface area contributed by atoms with E-state index in [2.05, 4.69) is 5.32 Å². The quantitative estimate of drug-likeness (QED) is 0.400. The average Bonchev–Trinajstić information content (AvgIpc) is 2.62. The van der Waals surface area contributed by atoms with Gasteiger partial charge in [-0.25, -0.2) is 0 Å². The van der Waals surface area contributed by atoms with Crippen LogP contribution >= 0.6 is 0 Å². The van der Waals surface area contributed by atoms with Crippen LogP contribution in [0.4, 0.5) is 11.4 Å². The molecule has 0 heterocycles. The number of hydrogen-bond acceptors (Lipinski definition) is 5. The van der Waals surface area contributed by atoms with Gasteiger partial charge in [0.1, 0.15) is 0 Å². The Balaban J connectivity index is 1.91. The molecule has 0 bridgehead atoms. The first-order valence-electron chi connectivity index (χ1n) is 8.36. The summed E-state index contributed by atoms with van der Waals surface area (Å²) in [5.41, 5.74) is 1.87. The highest BCUT2D eigenvalue weighted by Gasteiger charge is 2.15. The van der Waals surface area contributed by atoms with Crippen molar-refractivity contribution in [1.29, 1.82) is 0 Å². The van der Waals surface area contributed by atoms with E-state index in [-0.39, 0.29) is 18.0 Å². The number of hydrogen-bond donors (Lipinski definition) is 1. The molecule has 7 nitrogen and oxygen atoms in total. The van der Waals surface area contributed by atoms with Crippen LogP contribution in [0.15, 0.2) is 48.5 Å². The Bertz CT molecular complexity index is 748. The van der Waals surface area contributed by atoms with E-state index in [9.17, 15) is 14.9 Å². The van der Waals surface area contributed by atoms with Crippen molar-refractivity contribution in [2.45, 2.75) is 20.0 Å². The Morgan fingerprint density at radius 2 is 1.88 bits per heavy atom. The SMILES string of the molecule is CCOCCOCc1cccc(NC(=O)Cc2ccccc2[N+](=O)[O-])c1. The van der Waals surface area contributed by atoms with Gasteiger partial charge in [0, 0.05) is 23.9 Å². The first kappa shape index (κ1) is 19.6. The molecular weight excluding hydrogens is 336 g/mol. The van der Waals surface area contributed by atoms with Gasteiger partial charge in [0.2, 0.25) is 5.91 Å². The Kier molecular flexibility index (Phi) is 7.73. The highest BCUT2D eigenvalue weighted by atomic mass is 16.6. The molecule has 0 unspecified atom stereocenters. The number of carbonyl (C=O) groups is 1. The maximum Gasteiger partial charge on any atom is 0.273 e. The second-order valence-corrected chi connectivity index (χ2v) is 5.56. The Morgan fingerprint density at radius 3 is 2.65 bits per heavy atom. The number of nitrogens with zero attached hydrogens (tertiary/aromatic N) is 1. The summed E-state index contributed by atoms with van der Waals surface area (Å²) in [4.78, 5) is 22.8. The van der Waals surface area contributed by atoms with Crippen molar-refractivity contribution in [1.82, 2.24) is 0 Å². The zero-order valence-corrected chi connectivity index (χ0v) is 14.6. The van der Waals surface area contributed by atoms with Crippen LogP contribution in [0.5, 0.6) is 0 Å². The largest absolute Gasteiger partial charge is 0.379 e. The standard InChI is InChI=1S/C19H22N2O5/c1-2-25-10-11-26-14-15-6-5-8-17(12-15)20-19(22)13-16-7-3-4-9-18(16)21(23)24/h3-9,12H,2,10-11,13-14H2,1H3,(H,20,22). The van der Waals surface area contributed by atoms with Crippen molar-refractivity contribution < 1.29 is 19.2 Å². The van der Waals surface area contributed by atoms with E-state index >= 15 is 0 Å². The van der Waals surface area contributed by atoms with Crippen molar-refractivity contribution >= 4 is 17.3 Å². The third kappa shape index (κ3) is 6.27. The molecule has 7 heteroatoms. The summed E-state index contributed by atoms with van der Waals surface area (Å²) in [6, 6.07) is 13.5. The van der Waals surface area contributed by atoms with Crippen molar-refractivity contribution in [2.24, 2.45) is 0 Å². The number of carbonyl (C=O) groups excluding carboxylic acids is 1.